The highest BCUT2D eigenvalue weighted by atomic mass is 16.2. The van der Waals surface area contributed by atoms with Crippen molar-refractivity contribution in [3.63, 3.8) is 0 Å². The van der Waals surface area contributed by atoms with Gasteiger partial charge in [0.25, 0.3) is 0 Å². The number of amides is 1. The molecule has 0 unspecified atom stereocenters. The summed E-state index contributed by atoms with van der Waals surface area (Å²) in [5.74, 6) is 0.182. The lowest BCUT2D eigenvalue weighted by molar-refractivity contribution is -0.126. The fourth-order valence-electron chi connectivity index (χ4n) is 3.15. The van der Waals surface area contributed by atoms with Crippen LogP contribution in [0.15, 0.2) is 24.3 Å². The lowest BCUT2D eigenvalue weighted by Crippen LogP contribution is -2.41. The van der Waals surface area contributed by atoms with Crippen molar-refractivity contribution >= 4 is 11.6 Å². The summed E-state index contributed by atoms with van der Waals surface area (Å²) in [5.41, 5.74) is 8.58. The van der Waals surface area contributed by atoms with Gasteiger partial charge in [-0.05, 0) is 30.5 Å². The van der Waals surface area contributed by atoms with Gasteiger partial charge in [0, 0.05) is 32.0 Å². The van der Waals surface area contributed by atoms with Crippen molar-refractivity contribution in [1.82, 2.24) is 5.01 Å². The zero-order valence-corrected chi connectivity index (χ0v) is 11.4. The van der Waals surface area contributed by atoms with Crippen LogP contribution < -0.4 is 10.7 Å². The van der Waals surface area contributed by atoms with Gasteiger partial charge in [-0.15, -0.1) is 0 Å². The Morgan fingerprint density at radius 1 is 1.26 bits per heavy atom. The first-order chi connectivity index (χ1) is 9.16. The van der Waals surface area contributed by atoms with Crippen molar-refractivity contribution in [2.24, 2.45) is 5.73 Å². The Bertz CT molecular complexity index is 473. The van der Waals surface area contributed by atoms with Gasteiger partial charge >= 0.3 is 0 Å². The molecule has 0 bridgehead atoms. The van der Waals surface area contributed by atoms with Gasteiger partial charge < -0.3 is 5.73 Å². The van der Waals surface area contributed by atoms with Gasteiger partial charge in [0.15, 0.2) is 0 Å². The van der Waals surface area contributed by atoms with Crippen molar-refractivity contribution in [3.05, 3.63) is 29.8 Å². The average Bonchev–Trinajstić information content (AvgIpc) is 2.71. The van der Waals surface area contributed by atoms with Crippen molar-refractivity contribution < 1.29 is 4.79 Å². The third-order valence-electron chi connectivity index (χ3n) is 4.74. The van der Waals surface area contributed by atoms with E-state index in [9.17, 15) is 4.79 Å². The van der Waals surface area contributed by atoms with Gasteiger partial charge in [-0.3, -0.25) is 14.8 Å². The summed E-state index contributed by atoms with van der Waals surface area (Å²) in [6, 6.07) is 8.58. The molecule has 1 aliphatic heterocycles. The number of hydrogen-bond acceptors (Lipinski definition) is 3. The molecule has 1 heterocycles. The Labute approximate surface area is 114 Å². The average molecular weight is 259 g/mol. The molecule has 1 saturated heterocycles. The van der Waals surface area contributed by atoms with E-state index in [4.69, 9.17) is 5.73 Å². The van der Waals surface area contributed by atoms with Crippen LogP contribution >= 0.6 is 0 Å². The van der Waals surface area contributed by atoms with Crippen LogP contribution in [0.2, 0.25) is 0 Å². The number of benzene rings is 1. The van der Waals surface area contributed by atoms with Crippen LogP contribution in [0, 0.1) is 0 Å². The van der Waals surface area contributed by atoms with E-state index in [-0.39, 0.29) is 11.3 Å². The normalized spacial score (nSPS) is 21.7. The maximum absolute atomic E-state index is 11.6. The van der Waals surface area contributed by atoms with E-state index in [0.29, 0.717) is 6.42 Å². The zero-order valence-electron chi connectivity index (χ0n) is 11.4. The van der Waals surface area contributed by atoms with Crippen LogP contribution in [0.5, 0.6) is 0 Å². The molecule has 102 valence electrons. The van der Waals surface area contributed by atoms with Crippen LogP contribution in [0.4, 0.5) is 5.69 Å². The minimum Gasteiger partial charge on any atom is -0.330 e. The van der Waals surface area contributed by atoms with E-state index < -0.39 is 0 Å². The Morgan fingerprint density at radius 2 is 1.95 bits per heavy atom. The van der Waals surface area contributed by atoms with Crippen LogP contribution in [-0.4, -0.2) is 31.1 Å². The lowest BCUT2D eigenvalue weighted by atomic mass is 9.64. The molecule has 19 heavy (non-hydrogen) atoms. The van der Waals surface area contributed by atoms with E-state index >= 15 is 0 Å². The summed E-state index contributed by atoms with van der Waals surface area (Å²) in [5, 5.41) is 3.74. The molecule has 1 aromatic carbocycles. The second kappa shape index (κ2) is 4.53. The topological polar surface area (TPSA) is 49.6 Å². The molecule has 0 radical (unpaired) electrons. The van der Waals surface area contributed by atoms with Crippen LogP contribution in [0.1, 0.15) is 31.2 Å². The van der Waals surface area contributed by atoms with Crippen LogP contribution in [0.3, 0.4) is 0 Å². The highest BCUT2D eigenvalue weighted by Gasteiger charge is 2.37. The van der Waals surface area contributed by atoms with Gasteiger partial charge in [-0.1, -0.05) is 18.6 Å². The largest absolute Gasteiger partial charge is 0.330 e. The molecule has 1 aromatic rings. The number of carbonyl (C=O) groups is 1. The molecule has 1 amide bonds. The predicted molar refractivity (Wildman–Crippen MR) is 75.8 cm³/mol. The zero-order chi connectivity index (χ0) is 13.5. The molecule has 0 spiro atoms. The molecule has 2 fully saturated rings. The van der Waals surface area contributed by atoms with Crippen LogP contribution in [-0.2, 0) is 10.2 Å². The van der Waals surface area contributed by atoms with Crippen molar-refractivity contribution in [3.8, 4) is 0 Å². The number of carbonyl (C=O) groups excluding carboxylic acids is 1. The molecular weight excluding hydrogens is 238 g/mol. The molecule has 0 aromatic heterocycles. The third kappa shape index (κ3) is 1.91. The number of hydrazine groups is 1. The number of nitrogens with zero attached hydrogens (tertiary/aromatic N) is 2. The minimum atomic E-state index is 0.182. The first-order valence-electron chi connectivity index (χ1n) is 7.01. The van der Waals surface area contributed by atoms with Gasteiger partial charge in [-0.25, -0.2) is 0 Å². The quantitative estimate of drug-likeness (QED) is 0.898. The van der Waals surface area contributed by atoms with E-state index in [1.807, 2.05) is 12.1 Å². The molecule has 4 heteroatoms. The Balaban J connectivity index is 1.81. The molecular formula is C15H21N3O. The number of anilines is 1. The third-order valence-corrected chi connectivity index (χ3v) is 4.74. The number of nitrogens with two attached hydrogens (primary N) is 1. The summed E-state index contributed by atoms with van der Waals surface area (Å²) in [6.07, 6.45) is 4.28. The van der Waals surface area contributed by atoms with Gasteiger partial charge in [0.1, 0.15) is 0 Å². The summed E-state index contributed by atoms with van der Waals surface area (Å²) in [6.45, 7) is 1.51. The molecule has 1 saturated carbocycles. The summed E-state index contributed by atoms with van der Waals surface area (Å²) < 4.78 is 0. The van der Waals surface area contributed by atoms with E-state index in [2.05, 4.69) is 24.3 Å². The SMILES string of the molecule is CN1C(=O)CCN1c1ccc(C2(CN)CCC2)cc1. The van der Waals surface area contributed by atoms with Gasteiger partial charge in [0.05, 0.1) is 5.69 Å². The number of hydrogen-bond donors (Lipinski definition) is 1. The monoisotopic (exact) mass is 259 g/mol. The van der Waals surface area contributed by atoms with E-state index in [1.165, 1.54) is 24.8 Å². The lowest BCUT2D eigenvalue weighted by Gasteiger charge is -2.41. The second-order valence-corrected chi connectivity index (χ2v) is 5.68. The summed E-state index contributed by atoms with van der Waals surface area (Å²) in [4.78, 5) is 11.6. The molecule has 4 nitrogen and oxygen atoms in total. The molecule has 3 rings (SSSR count). The Kier molecular flexibility index (Phi) is 2.97. The van der Waals surface area contributed by atoms with Gasteiger partial charge in [-0.2, -0.15) is 0 Å². The minimum absolute atomic E-state index is 0.182. The highest BCUT2D eigenvalue weighted by Crippen LogP contribution is 2.43. The van der Waals surface area contributed by atoms with Crippen molar-refractivity contribution in [2.75, 3.05) is 25.1 Å². The summed E-state index contributed by atoms with van der Waals surface area (Å²) in [7, 11) is 1.83. The fourth-order valence-corrected chi connectivity index (χ4v) is 3.15. The highest BCUT2D eigenvalue weighted by molar-refractivity contribution is 5.81. The van der Waals surface area contributed by atoms with Crippen molar-refractivity contribution in [2.45, 2.75) is 31.1 Å². The van der Waals surface area contributed by atoms with Crippen LogP contribution in [0.25, 0.3) is 0 Å². The molecule has 2 aliphatic rings. The van der Waals surface area contributed by atoms with Gasteiger partial charge in [0.2, 0.25) is 5.91 Å². The van der Waals surface area contributed by atoms with Crippen molar-refractivity contribution in [1.29, 1.82) is 0 Å². The predicted octanol–water partition coefficient (Wildman–Crippen LogP) is 1.65. The number of rotatable bonds is 3. The molecule has 2 N–H and O–H groups in total. The Hall–Kier alpha value is -1.55. The van der Waals surface area contributed by atoms with E-state index in [1.54, 1.807) is 5.01 Å². The van der Waals surface area contributed by atoms with E-state index in [0.717, 1.165) is 18.8 Å². The first-order valence-corrected chi connectivity index (χ1v) is 7.01. The standard InChI is InChI=1S/C15H21N3O/c1-17-14(19)7-10-18(17)13-5-3-12(4-6-13)15(11-16)8-2-9-15/h3-6H,2,7-11,16H2,1H3. The molecule has 0 atom stereocenters. The first kappa shape index (κ1) is 12.5. The maximum atomic E-state index is 11.6. The Morgan fingerprint density at radius 3 is 2.37 bits per heavy atom. The molecule has 1 aliphatic carbocycles. The summed E-state index contributed by atoms with van der Waals surface area (Å²) >= 11 is 0. The smallest absolute Gasteiger partial charge is 0.242 e. The second-order valence-electron chi connectivity index (χ2n) is 5.68. The maximum Gasteiger partial charge on any atom is 0.242 e. The fraction of sp³-hybridized carbons (Fsp3) is 0.533.